The van der Waals surface area contributed by atoms with Crippen molar-refractivity contribution in [1.82, 2.24) is 10.3 Å². The van der Waals surface area contributed by atoms with Crippen LogP contribution in [-0.4, -0.2) is 24.7 Å². The quantitative estimate of drug-likeness (QED) is 0.871. The molecule has 0 saturated carbocycles. The highest BCUT2D eigenvalue weighted by Gasteiger charge is 2.33. The van der Waals surface area contributed by atoms with Crippen molar-refractivity contribution in [2.75, 3.05) is 13.7 Å². The highest BCUT2D eigenvalue weighted by atomic mass is 32.1. The van der Waals surface area contributed by atoms with E-state index in [1.807, 2.05) is 13.8 Å². The monoisotopic (exact) mass is 282 g/mol. The second-order valence-corrected chi connectivity index (χ2v) is 5.25. The number of nitrogens with zero attached hydrogens (tertiary/aromatic N) is 1. The number of aromatic nitrogens is 1. The fourth-order valence-corrected chi connectivity index (χ4v) is 2.16. The molecule has 104 valence electrons. The molecule has 0 aliphatic rings. The van der Waals surface area contributed by atoms with E-state index in [0.29, 0.717) is 24.1 Å². The normalized spacial score (nSPS) is 14.2. The predicted octanol–water partition coefficient (Wildman–Crippen LogP) is 2.92. The van der Waals surface area contributed by atoms with Gasteiger partial charge in [-0.2, -0.15) is 13.2 Å². The number of methoxy groups -OCH3 is 1. The maximum absolute atomic E-state index is 12.4. The first kappa shape index (κ1) is 15.4. The van der Waals surface area contributed by atoms with Gasteiger partial charge in [-0.3, -0.25) is 0 Å². The lowest BCUT2D eigenvalue weighted by atomic mass is 10.1. The van der Waals surface area contributed by atoms with E-state index in [9.17, 15) is 13.2 Å². The summed E-state index contributed by atoms with van der Waals surface area (Å²) in [6.45, 7) is 4.90. The van der Waals surface area contributed by atoms with Crippen LogP contribution in [0, 0.1) is 5.92 Å². The number of rotatable bonds is 6. The summed E-state index contributed by atoms with van der Waals surface area (Å²) >= 11 is 1.01. The zero-order valence-corrected chi connectivity index (χ0v) is 11.4. The number of alkyl halides is 3. The molecule has 1 N–H and O–H groups in total. The molecule has 0 aliphatic carbocycles. The Labute approximate surface area is 108 Å². The van der Waals surface area contributed by atoms with Crippen LogP contribution in [0.4, 0.5) is 13.2 Å². The molecule has 1 heterocycles. The van der Waals surface area contributed by atoms with Crippen molar-refractivity contribution < 1.29 is 17.9 Å². The van der Waals surface area contributed by atoms with Gasteiger partial charge in [0.25, 0.3) is 0 Å². The molecule has 3 nitrogen and oxygen atoms in total. The lowest BCUT2D eigenvalue weighted by Crippen LogP contribution is -2.37. The first-order valence-electron chi connectivity index (χ1n) is 5.58. The summed E-state index contributed by atoms with van der Waals surface area (Å²) in [6.07, 6.45) is -4.36. The van der Waals surface area contributed by atoms with Crippen molar-refractivity contribution in [3.8, 4) is 0 Å². The van der Waals surface area contributed by atoms with Gasteiger partial charge >= 0.3 is 6.18 Å². The SMILES string of the molecule is COCC(NCc1nc(C(F)(F)F)cs1)C(C)C. The van der Waals surface area contributed by atoms with Crippen LogP contribution in [0.2, 0.25) is 0 Å². The molecule has 0 aromatic carbocycles. The number of halogens is 3. The van der Waals surface area contributed by atoms with Crippen LogP contribution in [0.1, 0.15) is 24.5 Å². The minimum absolute atomic E-state index is 0.105. The molecule has 1 atom stereocenters. The molecule has 0 fully saturated rings. The highest BCUT2D eigenvalue weighted by molar-refractivity contribution is 7.09. The Hall–Kier alpha value is -0.660. The highest BCUT2D eigenvalue weighted by Crippen LogP contribution is 2.29. The Kier molecular flexibility index (Phi) is 5.55. The number of ether oxygens (including phenoxy) is 1. The van der Waals surface area contributed by atoms with Crippen LogP contribution in [0.25, 0.3) is 0 Å². The van der Waals surface area contributed by atoms with Gasteiger partial charge in [0, 0.05) is 25.1 Å². The molecule has 0 amide bonds. The molecule has 18 heavy (non-hydrogen) atoms. The molecule has 0 bridgehead atoms. The number of nitrogens with one attached hydrogen (secondary N) is 1. The second-order valence-electron chi connectivity index (χ2n) is 4.31. The van der Waals surface area contributed by atoms with Crippen molar-refractivity contribution in [2.45, 2.75) is 32.6 Å². The third-order valence-corrected chi connectivity index (χ3v) is 3.36. The van der Waals surface area contributed by atoms with Gasteiger partial charge in [0.1, 0.15) is 5.01 Å². The van der Waals surface area contributed by atoms with E-state index in [1.54, 1.807) is 7.11 Å². The van der Waals surface area contributed by atoms with E-state index in [2.05, 4.69) is 10.3 Å². The molecule has 0 saturated heterocycles. The Balaban J connectivity index is 2.55. The van der Waals surface area contributed by atoms with Gasteiger partial charge in [0.05, 0.1) is 6.61 Å². The zero-order valence-electron chi connectivity index (χ0n) is 10.5. The Morgan fingerprint density at radius 3 is 2.56 bits per heavy atom. The van der Waals surface area contributed by atoms with Crippen molar-refractivity contribution in [3.05, 3.63) is 16.1 Å². The van der Waals surface area contributed by atoms with Gasteiger partial charge in [-0.15, -0.1) is 11.3 Å². The molecule has 0 spiro atoms. The van der Waals surface area contributed by atoms with Gasteiger partial charge in [-0.25, -0.2) is 4.98 Å². The summed E-state index contributed by atoms with van der Waals surface area (Å²) in [4.78, 5) is 3.56. The van der Waals surface area contributed by atoms with E-state index in [1.165, 1.54) is 0 Å². The fraction of sp³-hybridized carbons (Fsp3) is 0.727. The topological polar surface area (TPSA) is 34.1 Å². The summed E-state index contributed by atoms with van der Waals surface area (Å²) in [5.74, 6) is 0.340. The Bertz CT molecular complexity index is 365. The first-order valence-corrected chi connectivity index (χ1v) is 6.46. The van der Waals surface area contributed by atoms with E-state index < -0.39 is 11.9 Å². The molecule has 1 aromatic heterocycles. The van der Waals surface area contributed by atoms with E-state index >= 15 is 0 Å². The summed E-state index contributed by atoms with van der Waals surface area (Å²) in [7, 11) is 1.60. The minimum Gasteiger partial charge on any atom is -0.383 e. The van der Waals surface area contributed by atoms with Gasteiger partial charge in [0.2, 0.25) is 0 Å². The lowest BCUT2D eigenvalue weighted by molar-refractivity contribution is -0.140. The van der Waals surface area contributed by atoms with Gasteiger partial charge < -0.3 is 10.1 Å². The summed E-state index contributed by atoms with van der Waals surface area (Å²) < 4.78 is 42.1. The Morgan fingerprint density at radius 2 is 2.11 bits per heavy atom. The molecular weight excluding hydrogens is 265 g/mol. The number of hydrogen-bond donors (Lipinski definition) is 1. The molecule has 0 radical (unpaired) electrons. The van der Waals surface area contributed by atoms with Crippen molar-refractivity contribution in [3.63, 3.8) is 0 Å². The maximum Gasteiger partial charge on any atom is 0.434 e. The Morgan fingerprint density at radius 1 is 1.44 bits per heavy atom. The second kappa shape index (κ2) is 6.49. The van der Waals surface area contributed by atoms with Crippen LogP contribution in [0.15, 0.2) is 5.38 Å². The number of hydrogen-bond acceptors (Lipinski definition) is 4. The third-order valence-electron chi connectivity index (χ3n) is 2.51. The molecule has 1 aromatic rings. The van der Waals surface area contributed by atoms with Gasteiger partial charge in [-0.1, -0.05) is 13.8 Å². The average molecular weight is 282 g/mol. The maximum atomic E-state index is 12.4. The first-order chi connectivity index (χ1) is 8.34. The summed E-state index contributed by atoms with van der Waals surface area (Å²) in [6, 6.07) is 0.105. The zero-order chi connectivity index (χ0) is 13.8. The van der Waals surface area contributed by atoms with Crippen LogP contribution < -0.4 is 5.32 Å². The third kappa shape index (κ3) is 4.55. The van der Waals surface area contributed by atoms with E-state index in [4.69, 9.17) is 4.74 Å². The van der Waals surface area contributed by atoms with Crippen LogP contribution in [0.3, 0.4) is 0 Å². The largest absolute Gasteiger partial charge is 0.434 e. The minimum atomic E-state index is -4.36. The molecular formula is C11H17F3N2OS. The lowest BCUT2D eigenvalue weighted by Gasteiger charge is -2.20. The molecule has 1 rings (SSSR count). The van der Waals surface area contributed by atoms with Crippen molar-refractivity contribution in [1.29, 1.82) is 0 Å². The van der Waals surface area contributed by atoms with Crippen LogP contribution in [0.5, 0.6) is 0 Å². The fourth-order valence-electron chi connectivity index (χ4n) is 1.41. The molecule has 1 unspecified atom stereocenters. The van der Waals surface area contributed by atoms with E-state index in [0.717, 1.165) is 16.7 Å². The summed E-state index contributed by atoms with van der Waals surface area (Å²) in [5, 5.41) is 4.63. The van der Waals surface area contributed by atoms with Gasteiger partial charge in [-0.05, 0) is 5.92 Å². The standard InChI is InChI=1S/C11H17F3N2OS/c1-7(2)8(5-17-3)15-4-10-16-9(6-18-10)11(12,13)14/h6-8,15H,4-5H2,1-3H3. The number of thiazole rings is 1. The van der Waals surface area contributed by atoms with E-state index in [-0.39, 0.29) is 6.04 Å². The molecule has 0 aliphatic heterocycles. The van der Waals surface area contributed by atoms with Crippen molar-refractivity contribution in [2.24, 2.45) is 5.92 Å². The molecule has 7 heteroatoms. The summed E-state index contributed by atoms with van der Waals surface area (Å²) in [5.41, 5.74) is -0.822. The van der Waals surface area contributed by atoms with Crippen LogP contribution in [-0.2, 0) is 17.5 Å². The average Bonchev–Trinajstić information content (AvgIpc) is 2.71. The van der Waals surface area contributed by atoms with Crippen molar-refractivity contribution >= 4 is 11.3 Å². The smallest absolute Gasteiger partial charge is 0.383 e. The predicted molar refractivity (Wildman–Crippen MR) is 64.5 cm³/mol. The van der Waals surface area contributed by atoms with Gasteiger partial charge in [0.15, 0.2) is 5.69 Å². The van der Waals surface area contributed by atoms with Crippen LogP contribution >= 0.6 is 11.3 Å².